The Morgan fingerprint density at radius 3 is 2.47 bits per heavy atom. The standard InChI is InChI=1S/C22H16ClN3O3S/c1-13(27)25-17-8-4-15(5-9-17)19(28)10-26-12-24-21-20(22(26)29)18(11-30-21)14-2-6-16(23)7-3-14/h2-9,11-12H,10H2,1H3,(H,25,27). The predicted molar refractivity (Wildman–Crippen MR) is 119 cm³/mol. The number of ketones is 1. The lowest BCUT2D eigenvalue weighted by Gasteiger charge is -2.07. The monoisotopic (exact) mass is 437 g/mol. The van der Waals surface area contributed by atoms with E-state index in [0.29, 0.717) is 26.5 Å². The molecule has 0 radical (unpaired) electrons. The number of hydrogen-bond donors (Lipinski definition) is 1. The summed E-state index contributed by atoms with van der Waals surface area (Å²) in [5, 5.41) is 5.63. The van der Waals surface area contributed by atoms with Gasteiger partial charge in [-0.3, -0.25) is 19.0 Å². The van der Waals surface area contributed by atoms with Gasteiger partial charge in [0.25, 0.3) is 5.56 Å². The Labute approximate surface area is 180 Å². The third-order valence-electron chi connectivity index (χ3n) is 4.56. The van der Waals surface area contributed by atoms with Crippen LogP contribution in [0.5, 0.6) is 0 Å². The maximum absolute atomic E-state index is 13.1. The summed E-state index contributed by atoms with van der Waals surface area (Å²) in [6.07, 6.45) is 1.40. The SMILES string of the molecule is CC(=O)Nc1ccc(C(=O)Cn2cnc3scc(-c4ccc(Cl)cc4)c3c2=O)cc1. The molecule has 8 heteroatoms. The summed E-state index contributed by atoms with van der Waals surface area (Å²) >= 11 is 7.34. The van der Waals surface area contributed by atoms with E-state index in [2.05, 4.69) is 10.3 Å². The smallest absolute Gasteiger partial charge is 0.263 e. The lowest BCUT2D eigenvalue weighted by Crippen LogP contribution is -2.24. The molecule has 0 spiro atoms. The highest BCUT2D eigenvalue weighted by Gasteiger charge is 2.15. The second-order valence-corrected chi connectivity index (χ2v) is 7.99. The number of anilines is 1. The summed E-state index contributed by atoms with van der Waals surface area (Å²) in [5.74, 6) is -0.414. The molecule has 6 nitrogen and oxygen atoms in total. The molecule has 0 saturated carbocycles. The zero-order valence-corrected chi connectivity index (χ0v) is 17.5. The Balaban J connectivity index is 1.65. The van der Waals surface area contributed by atoms with Crippen LogP contribution in [0.1, 0.15) is 17.3 Å². The Kier molecular flexibility index (Phi) is 5.48. The fourth-order valence-corrected chi connectivity index (χ4v) is 4.14. The number of nitrogens with zero attached hydrogens (tertiary/aromatic N) is 2. The lowest BCUT2D eigenvalue weighted by atomic mass is 10.1. The topological polar surface area (TPSA) is 81.1 Å². The molecule has 0 aliphatic heterocycles. The van der Waals surface area contributed by atoms with Crippen molar-refractivity contribution in [1.82, 2.24) is 9.55 Å². The van der Waals surface area contributed by atoms with Crippen molar-refractivity contribution in [3.8, 4) is 11.1 Å². The fraction of sp³-hybridized carbons (Fsp3) is 0.0909. The van der Waals surface area contributed by atoms with Crippen molar-refractivity contribution in [2.24, 2.45) is 0 Å². The highest BCUT2D eigenvalue weighted by Crippen LogP contribution is 2.31. The Bertz CT molecular complexity index is 1310. The predicted octanol–water partition coefficient (Wildman–Crippen LogP) is 4.62. The minimum absolute atomic E-state index is 0.128. The molecule has 1 N–H and O–H groups in total. The second kappa shape index (κ2) is 8.22. The number of carbonyl (C=O) groups is 2. The van der Waals surface area contributed by atoms with Crippen molar-refractivity contribution in [3.05, 3.63) is 81.2 Å². The van der Waals surface area contributed by atoms with Crippen LogP contribution < -0.4 is 10.9 Å². The molecular formula is C22H16ClN3O3S. The molecule has 2 aromatic carbocycles. The fourth-order valence-electron chi connectivity index (χ4n) is 3.11. The third kappa shape index (κ3) is 4.03. The van der Waals surface area contributed by atoms with Crippen LogP contribution in [-0.2, 0) is 11.3 Å². The van der Waals surface area contributed by atoms with E-state index in [1.807, 2.05) is 17.5 Å². The number of hydrogen-bond acceptors (Lipinski definition) is 5. The number of benzene rings is 2. The van der Waals surface area contributed by atoms with Gasteiger partial charge in [-0.05, 0) is 42.0 Å². The number of rotatable bonds is 5. The number of thiophene rings is 1. The van der Waals surface area contributed by atoms with E-state index in [1.54, 1.807) is 36.4 Å². The molecule has 1 amide bonds. The van der Waals surface area contributed by atoms with E-state index < -0.39 is 0 Å². The molecule has 2 aromatic heterocycles. The van der Waals surface area contributed by atoms with E-state index in [1.165, 1.54) is 29.2 Å². The minimum atomic E-state index is -0.269. The average Bonchev–Trinajstić information content (AvgIpc) is 3.15. The van der Waals surface area contributed by atoms with Gasteiger partial charge in [-0.15, -0.1) is 11.3 Å². The molecule has 0 fully saturated rings. The number of halogens is 1. The van der Waals surface area contributed by atoms with Gasteiger partial charge < -0.3 is 5.32 Å². The van der Waals surface area contributed by atoms with Crippen molar-refractivity contribution in [2.75, 3.05) is 5.32 Å². The minimum Gasteiger partial charge on any atom is -0.326 e. The van der Waals surface area contributed by atoms with Crippen molar-refractivity contribution < 1.29 is 9.59 Å². The molecule has 4 aromatic rings. The first-order valence-electron chi connectivity index (χ1n) is 9.06. The van der Waals surface area contributed by atoms with E-state index in [4.69, 9.17) is 11.6 Å². The van der Waals surface area contributed by atoms with Crippen molar-refractivity contribution in [2.45, 2.75) is 13.5 Å². The Morgan fingerprint density at radius 1 is 1.10 bits per heavy atom. The number of carbonyl (C=O) groups excluding carboxylic acids is 2. The first-order chi connectivity index (χ1) is 14.4. The molecule has 0 aliphatic carbocycles. The first kappa shape index (κ1) is 20.0. The van der Waals surface area contributed by atoms with Gasteiger partial charge in [0.15, 0.2) is 5.78 Å². The molecule has 0 unspecified atom stereocenters. The van der Waals surface area contributed by atoms with E-state index >= 15 is 0 Å². The van der Waals surface area contributed by atoms with Crippen LogP contribution in [0.15, 0.2) is 65.0 Å². The van der Waals surface area contributed by atoms with Gasteiger partial charge in [-0.25, -0.2) is 4.98 Å². The van der Waals surface area contributed by atoms with E-state index in [-0.39, 0.29) is 23.8 Å². The molecule has 30 heavy (non-hydrogen) atoms. The number of Topliss-reactive ketones (excluding diaryl/α,β-unsaturated/α-hetero) is 1. The maximum Gasteiger partial charge on any atom is 0.263 e. The zero-order chi connectivity index (χ0) is 21.3. The molecule has 0 aliphatic rings. The third-order valence-corrected chi connectivity index (χ3v) is 5.70. The van der Waals surface area contributed by atoms with Crippen LogP contribution in [0.2, 0.25) is 5.02 Å². The van der Waals surface area contributed by atoms with Crippen LogP contribution in [0.3, 0.4) is 0 Å². The Hall–Kier alpha value is -3.29. The molecule has 0 bridgehead atoms. The van der Waals surface area contributed by atoms with Crippen LogP contribution in [0.4, 0.5) is 5.69 Å². The highest BCUT2D eigenvalue weighted by molar-refractivity contribution is 7.17. The molecular weight excluding hydrogens is 422 g/mol. The highest BCUT2D eigenvalue weighted by atomic mass is 35.5. The summed E-state index contributed by atoms with van der Waals surface area (Å²) in [5.41, 5.74) is 2.41. The Morgan fingerprint density at radius 2 is 1.80 bits per heavy atom. The number of fused-ring (bicyclic) bond motifs is 1. The normalized spacial score (nSPS) is 10.9. The van der Waals surface area contributed by atoms with Gasteiger partial charge >= 0.3 is 0 Å². The zero-order valence-electron chi connectivity index (χ0n) is 15.9. The first-order valence-corrected chi connectivity index (χ1v) is 10.3. The molecule has 2 heterocycles. The average molecular weight is 438 g/mol. The van der Waals surface area contributed by atoms with Crippen LogP contribution >= 0.6 is 22.9 Å². The second-order valence-electron chi connectivity index (χ2n) is 6.70. The lowest BCUT2D eigenvalue weighted by molar-refractivity contribution is -0.114. The maximum atomic E-state index is 13.1. The number of nitrogens with one attached hydrogen (secondary N) is 1. The van der Waals surface area contributed by atoms with Crippen molar-refractivity contribution >= 4 is 50.5 Å². The summed E-state index contributed by atoms with van der Waals surface area (Å²) in [6.45, 7) is 1.29. The quantitative estimate of drug-likeness (QED) is 0.462. The van der Waals surface area contributed by atoms with Crippen LogP contribution in [-0.4, -0.2) is 21.2 Å². The van der Waals surface area contributed by atoms with Crippen molar-refractivity contribution in [1.29, 1.82) is 0 Å². The van der Waals surface area contributed by atoms with E-state index in [9.17, 15) is 14.4 Å². The number of aromatic nitrogens is 2. The summed E-state index contributed by atoms with van der Waals surface area (Å²) in [7, 11) is 0. The van der Waals surface area contributed by atoms with Gasteiger partial charge in [-0.1, -0.05) is 23.7 Å². The number of amides is 1. The molecule has 0 atom stereocenters. The summed E-state index contributed by atoms with van der Waals surface area (Å²) in [6, 6.07) is 13.8. The summed E-state index contributed by atoms with van der Waals surface area (Å²) < 4.78 is 1.32. The largest absolute Gasteiger partial charge is 0.326 e. The van der Waals surface area contributed by atoms with Crippen molar-refractivity contribution in [3.63, 3.8) is 0 Å². The van der Waals surface area contributed by atoms with Crippen LogP contribution in [0, 0.1) is 0 Å². The van der Waals surface area contributed by atoms with Gasteiger partial charge in [0.05, 0.1) is 18.3 Å². The van der Waals surface area contributed by atoms with Crippen LogP contribution in [0.25, 0.3) is 21.3 Å². The van der Waals surface area contributed by atoms with Gasteiger partial charge in [-0.2, -0.15) is 0 Å². The van der Waals surface area contributed by atoms with Gasteiger partial charge in [0.2, 0.25) is 5.91 Å². The summed E-state index contributed by atoms with van der Waals surface area (Å²) in [4.78, 5) is 41.9. The molecule has 4 rings (SSSR count). The molecule has 0 saturated heterocycles. The van der Waals surface area contributed by atoms with Gasteiger partial charge in [0.1, 0.15) is 4.83 Å². The molecule has 150 valence electrons. The van der Waals surface area contributed by atoms with E-state index in [0.717, 1.165) is 11.1 Å². The van der Waals surface area contributed by atoms with Gasteiger partial charge in [0, 0.05) is 34.1 Å².